The molecule has 1 nitrogen and oxygen atoms in total. The van der Waals surface area contributed by atoms with E-state index in [2.05, 4.69) is 0 Å². The van der Waals surface area contributed by atoms with Gasteiger partial charge in [-0.1, -0.05) is 17.7 Å². The van der Waals surface area contributed by atoms with Gasteiger partial charge in [-0.05, 0) is 0 Å². The van der Waals surface area contributed by atoms with Crippen LogP contribution in [0.15, 0.2) is 11.1 Å². The fraction of sp³-hybridized carbons (Fsp3) is 0.500. The summed E-state index contributed by atoms with van der Waals surface area (Å²) in [7, 11) is 0. The van der Waals surface area contributed by atoms with Crippen LogP contribution in [0.25, 0.3) is 0 Å². The maximum atomic E-state index is 8.21. The van der Waals surface area contributed by atoms with Gasteiger partial charge in [0.1, 0.15) is 0 Å². The van der Waals surface area contributed by atoms with E-state index in [0.717, 1.165) is 0 Å². The van der Waals surface area contributed by atoms with Gasteiger partial charge in [-0.3, -0.25) is 0 Å². The lowest BCUT2D eigenvalue weighted by Gasteiger charge is -1.84. The summed E-state index contributed by atoms with van der Waals surface area (Å²) in [5.41, 5.74) is 0. The lowest BCUT2D eigenvalue weighted by molar-refractivity contribution is 0.338. The molecule has 1 N–H and O–H groups in total. The zero-order chi connectivity index (χ0) is 5.70. The Kier molecular flexibility index (Phi) is 4.62. The molecule has 0 aliphatic carbocycles. The molecule has 0 saturated heterocycles. The largest absolute Gasteiger partial charge is 0.391 e. The maximum Gasteiger partial charge on any atom is 0.0785 e. The lowest BCUT2D eigenvalue weighted by atomic mass is 10.5. The van der Waals surface area contributed by atoms with Crippen molar-refractivity contribution in [3.63, 3.8) is 0 Å². The molecular weight excluding hydrogens is 135 g/mol. The first-order valence-corrected chi connectivity index (χ1v) is 2.74. The van der Waals surface area contributed by atoms with E-state index in [1.54, 1.807) is 6.08 Å². The third kappa shape index (κ3) is 4.13. The van der Waals surface area contributed by atoms with Gasteiger partial charge in [0, 0.05) is 10.9 Å². The molecule has 7 heavy (non-hydrogen) atoms. The molecule has 0 aromatic heterocycles. The number of allylic oxidation sites excluding steroid dienone is 1. The summed E-state index contributed by atoms with van der Waals surface area (Å²) < 4.78 is 0. The van der Waals surface area contributed by atoms with E-state index < -0.39 is 0 Å². The number of halogens is 2. The van der Waals surface area contributed by atoms with Crippen LogP contribution in [-0.2, 0) is 0 Å². The van der Waals surface area contributed by atoms with Gasteiger partial charge in [0.15, 0.2) is 0 Å². The Morgan fingerprint density at radius 3 is 2.43 bits per heavy atom. The number of rotatable bonds is 2. The van der Waals surface area contributed by atoms with Crippen LogP contribution >= 0.6 is 23.2 Å². The second-order valence-corrected chi connectivity index (χ2v) is 1.76. The van der Waals surface area contributed by atoms with E-state index in [-0.39, 0.29) is 6.61 Å². The Hall–Kier alpha value is 0.280. The number of alkyl halides is 1. The Bertz CT molecular complexity index is 70.1. The highest BCUT2D eigenvalue weighted by Crippen LogP contribution is 1.97. The third-order valence-corrected chi connectivity index (χ3v) is 0.878. The Labute approximate surface area is 52.5 Å². The van der Waals surface area contributed by atoms with Crippen molar-refractivity contribution in [3.8, 4) is 0 Å². The molecule has 0 amide bonds. The molecule has 0 atom stereocenters. The Balaban J connectivity index is 3.29. The van der Waals surface area contributed by atoms with Gasteiger partial charge >= 0.3 is 0 Å². The summed E-state index contributed by atoms with van der Waals surface area (Å²) in [5, 5.41) is 8.61. The first-order valence-electron chi connectivity index (χ1n) is 1.82. The molecule has 0 fully saturated rings. The molecule has 0 bridgehead atoms. The van der Waals surface area contributed by atoms with Gasteiger partial charge in [0.25, 0.3) is 0 Å². The molecule has 0 aliphatic rings. The Morgan fingerprint density at radius 2 is 2.29 bits per heavy atom. The van der Waals surface area contributed by atoms with Crippen molar-refractivity contribution >= 4 is 23.2 Å². The molecule has 0 aromatic rings. The second kappa shape index (κ2) is 4.44. The van der Waals surface area contributed by atoms with Gasteiger partial charge in [-0.2, -0.15) is 0 Å². The van der Waals surface area contributed by atoms with Crippen molar-refractivity contribution in [2.24, 2.45) is 0 Å². The minimum Gasteiger partial charge on any atom is -0.391 e. The highest BCUT2D eigenvalue weighted by atomic mass is 35.5. The summed E-state index contributed by atoms with van der Waals surface area (Å²) in [6.45, 7) is -0.117. The predicted octanol–water partition coefficient (Wildman–Crippen LogP) is 1.34. The molecule has 0 aromatic carbocycles. The van der Waals surface area contributed by atoms with Crippen LogP contribution in [0.2, 0.25) is 0 Å². The Morgan fingerprint density at radius 1 is 1.71 bits per heavy atom. The van der Waals surface area contributed by atoms with E-state index in [9.17, 15) is 0 Å². The van der Waals surface area contributed by atoms with Crippen molar-refractivity contribution in [1.82, 2.24) is 0 Å². The fourth-order valence-electron chi connectivity index (χ4n) is 0.148. The highest BCUT2D eigenvalue weighted by Gasteiger charge is 1.82. The van der Waals surface area contributed by atoms with E-state index in [1.165, 1.54) is 0 Å². The van der Waals surface area contributed by atoms with Crippen molar-refractivity contribution in [2.75, 3.05) is 12.5 Å². The van der Waals surface area contributed by atoms with Gasteiger partial charge in [0.05, 0.1) is 6.61 Å². The first-order chi connectivity index (χ1) is 3.31. The molecule has 0 aliphatic heterocycles. The molecule has 0 heterocycles. The van der Waals surface area contributed by atoms with Gasteiger partial charge in [-0.15, -0.1) is 11.6 Å². The van der Waals surface area contributed by atoms with Crippen LogP contribution in [0.4, 0.5) is 0 Å². The van der Waals surface area contributed by atoms with Crippen LogP contribution in [0.3, 0.4) is 0 Å². The van der Waals surface area contributed by atoms with E-state index in [4.69, 9.17) is 28.3 Å². The quantitative estimate of drug-likeness (QED) is 0.575. The average Bonchev–Trinajstić information content (AvgIpc) is 1.68. The van der Waals surface area contributed by atoms with Crippen LogP contribution in [0.1, 0.15) is 0 Å². The molecular formula is C4H6Cl2O. The summed E-state index contributed by atoms with van der Waals surface area (Å²) in [6, 6.07) is 0. The van der Waals surface area contributed by atoms with Crippen LogP contribution in [0.5, 0.6) is 0 Å². The molecule has 42 valence electrons. The maximum absolute atomic E-state index is 8.21. The van der Waals surface area contributed by atoms with Gasteiger partial charge in [0.2, 0.25) is 0 Å². The molecule has 0 unspecified atom stereocenters. The number of aliphatic hydroxyl groups excluding tert-OH is 1. The lowest BCUT2D eigenvalue weighted by Crippen LogP contribution is -1.79. The van der Waals surface area contributed by atoms with Crippen LogP contribution in [-0.4, -0.2) is 17.6 Å². The van der Waals surface area contributed by atoms with Gasteiger partial charge < -0.3 is 5.11 Å². The standard InChI is InChI=1S/C4H6Cl2O/c5-2-1-4(6)3-7/h1,7H,2-3H2/b4-1+. The zero-order valence-electron chi connectivity index (χ0n) is 3.69. The van der Waals surface area contributed by atoms with Crippen LogP contribution in [0, 0.1) is 0 Å². The van der Waals surface area contributed by atoms with Gasteiger partial charge in [-0.25, -0.2) is 0 Å². The zero-order valence-corrected chi connectivity index (χ0v) is 5.21. The average molecular weight is 141 g/mol. The monoisotopic (exact) mass is 140 g/mol. The minimum atomic E-state index is -0.117. The van der Waals surface area contributed by atoms with E-state index in [1.807, 2.05) is 0 Å². The molecule has 3 heteroatoms. The molecule has 0 radical (unpaired) electrons. The summed E-state index contributed by atoms with van der Waals surface area (Å²) >= 11 is 10.5. The predicted molar refractivity (Wildman–Crippen MR) is 31.7 cm³/mol. The smallest absolute Gasteiger partial charge is 0.0785 e. The third-order valence-electron chi connectivity index (χ3n) is 0.450. The summed E-state index contributed by atoms with van der Waals surface area (Å²) in [5.74, 6) is 0.361. The minimum absolute atomic E-state index is 0.117. The number of hydrogen-bond acceptors (Lipinski definition) is 1. The fourth-order valence-corrected chi connectivity index (χ4v) is 0.491. The van der Waals surface area contributed by atoms with E-state index in [0.29, 0.717) is 10.9 Å². The van der Waals surface area contributed by atoms with Crippen molar-refractivity contribution < 1.29 is 5.11 Å². The first kappa shape index (κ1) is 7.28. The number of aliphatic hydroxyl groups is 1. The van der Waals surface area contributed by atoms with Crippen LogP contribution < -0.4 is 0 Å². The second-order valence-electron chi connectivity index (χ2n) is 0.963. The highest BCUT2D eigenvalue weighted by molar-refractivity contribution is 6.30. The topological polar surface area (TPSA) is 20.2 Å². The number of hydrogen-bond donors (Lipinski definition) is 1. The van der Waals surface area contributed by atoms with Crippen molar-refractivity contribution in [2.45, 2.75) is 0 Å². The SMILES string of the molecule is OC/C(Cl)=C\CCl. The molecule has 0 rings (SSSR count). The molecule has 0 saturated carbocycles. The van der Waals surface area contributed by atoms with Crippen molar-refractivity contribution in [1.29, 1.82) is 0 Å². The normalized spacial score (nSPS) is 12.1. The van der Waals surface area contributed by atoms with Crippen molar-refractivity contribution in [3.05, 3.63) is 11.1 Å². The molecule has 0 spiro atoms. The van der Waals surface area contributed by atoms with E-state index >= 15 is 0 Å². The summed E-state index contributed by atoms with van der Waals surface area (Å²) in [6.07, 6.45) is 1.54. The summed E-state index contributed by atoms with van der Waals surface area (Å²) in [4.78, 5) is 0.